The normalized spacial score (nSPS) is 10.9. The minimum atomic E-state index is -1.21. The van der Waals surface area contributed by atoms with Crippen LogP contribution in [0.5, 0.6) is 0 Å². The van der Waals surface area contributed by atoms with Crippen molar-refractivity contribution in [3.05, 3.63) is 83.9 Å². The van der Waals surface area contributed by atoms with Crippen molar-refractivity contribution in [2.45, 2.75) is 0 Å². The molecule has 0 bridgehead atoms. The van der Waals surface area contributed by atoms with Gasteiger partial charge in [-0.05, 0) is 6.08 Å². The summed E-state index contributed by atoms with van der Waals surface area (Å²) in [5.41, 5.74) is 2.17. The van der Waals surface area contributed by atoms with Gasteiger partial charge in [0.2, 0.25) is 0 Å². The molecule has 0 saturated carbocycles. The molecular formula is C17H13N2NaO3. The van der Waals surface area contributed by atoms with Gasteiger partial charge in [0.15, 0.2) is 0 Å². The number of hydrogen-bond acceptors (Lipinski definition) is 4. The van der Waals surface area contributed by atoms with Crippen LogP contribution in [0.25, 0.3) is 0 Å². The third kappa shape index (κ3) is 6.20. The molecule has 6 heteroatoms. The fourth-order valence-electron chi connectivity index (χ4n) is 1.75. The van der Waals surface area contributed by atoms with Crippen molar-refractivity contribution in [1.82, 2.24) is 0 Å². The Morgan fingerprint density at radius 1 is 0.870 bits per heavy atom. The first-order chi connectivity index (χ1) is 10.7. The van der Waals surface area contributed by atoms with Crippen LogP contribution in [0.3, 0.4) is 0 Å². The smallest absolute Gasteiger partial charge is 0.857 e. The van der Waals surface area contributed by atoms with Gasteiger partial charge in [-0.2, -0.15) is 10.2 Å². The zero-order chi connectivity index (χ0) is 15.8. The Morgan fingerprint density at radius 3 is 1.78 bits per heavy atom. The van der Waals surface area contributed by atoms with E-state index in [0.717, 1.165) is 23.3 Å². The van der Waals surface area contributed by atoms with Gasteiger partial charge in [0.25, 0.3) is 0 Å². The Morgan fingerprint density at radius 2 is 1.35 bits per heavy atom. The Kier molecular flexibility index (Phi) is 7.97. The molecule has 1 N–H and O–H groups in total. The molecule has 0 heterocycles. The zero-order valence-corrected chi connectivity index (χ0v) is 14.6. The van der Waals surface area contributed by atoms with E-state index in [2.05, 4.69) is 10.2 Å². The SMILES string of the molecule is O=C(O)/C=C\C([O-])=NN=C(c1ccccc1)c1ccccc1.[Na+]. The molecule has 0 amide bonds. The van der Waals surface area contributed by atoms with E-state index in [0.29, 0.717) is 5.71 Å². The number of hydrogen-bond donors (Lipinski definition) is 1. The van der Waals surface area contributed by atoms with Crippen molar-refractivity contribution in [2.75, 3.05) is 0 Å². The van der Waals surface area contributed by atoms with Gasteiger partial charge in [0, 0.05) is 23.1 Å². The van der Waals surface area contributed by atoms with Crippen LogP contribution in [-0.4, -0.2) is 22.7 Å². The molecule has 0 radical (unpaired) electrons. The Balaban J connectivity index is 0.00000264. The number of nitrogens with zero attached hydrogens (tertiary/aromatic N) is 2. The molecule has 23 heavy (non-hydrogen) atoms. The maximum atomic E-state index is 11.5. The largest absolute Gasteiger partial charge is 1.00 e. The Labute approximate surface area is 156 Å². The van der Waals surface area contributed by atoms with Crippen LogP contribution in [0.15, 0.2) is 83.0 Å². The van der Waals surface area contributed by atoms with Gasteiger partial charge in [-0.1, -0.05) is 60.7 Å². The average Bonchev–Trinajstić information content (AvgIpc) is 2.55. The minimum Gasteiger partial charge on any atom is -0.857 e. The number of carbonyl (C=O) groups is 1. The van der Waals surface area contributed by atoms with Crippen LogP contribution < -0.4 is 34.7 Å². The van der Waals surface area contributed by atoms with Gasteiger partial charge in [-0.25, -0.2) is 4.79 Å². The molecule has 2 aromatic carbocycles. The summed E-state index contributed by atoms with van der Waals surface area (Å²) in [6.45, 7) is 0. The fourth-order valence-corrected chi connectivity index (χ4v) is 1.75. The number of benzene rings is 2. The summed E-state index contributed by atoms with van der Waals surface area (Å²) >= 11 is 0. The maximum Gasteiger partial charge on any atom is 1.00 e. The minimum absolute atomic E-state index is 0. The summed E-state index contributed by atoms with van der Waals surface area (Å²) in [5, 5.41) is 27.5. The molecule has 2 aromatic rings. The van der Waals surface area contributed by atoms with E-state index in [9.17, 15) is 9.90 Å². The van der Waals surface area contributed by atoms with E-state index in [1.807, 2.05) is 60.7 Å². The monoisotopic (exact) mass is 316 g/mol. The third-order valence-corrected chi connectivity index (χ3v) is 2.71. The zero-order valence-electron chi connectivity index (χ0n) is 12.6. The van der Waals surface area contributed by atoms with Crippen LogP contribution in [0, 0.1) is 0 Å². The van der Waals surface area contributed by atoms with Gasteiger partial charge >= 0.3 is 35.5 Å². The summed E-state index contributed by atoms with van der Waals surface area (Å²) in [5.74, 6) is -1.94. The molecule has 5 nitrogen and oxygen atoms in total. The van der Waals surface area contributed by atoms with Gasteiger partial charge in [0.1, 0.15) is 5.71 Å². The first-order valence-electron chi connectivity index (χ1n) is 6.51. The molecule has 0 aliphatic heterocycles. The first-order valence-corrected chi connectivity index (χ1v) is 6.51. The Bertz CT molecular complexity index is 685. The van der Waals surface area contributed by atoms with Crippen LogP contribution in [-0.2, 0) is 4.79 Å². The van der Waals surface area contributed by atoms with Crippen molar-refractivity contribution >= 4 is 17.6 Å². The molecule has 0 fully saturated rings. The molecule has 0 aliphatic rings. The number of rotatable bonds is 5. The third-order valence-electron chi connectivity index (χ3n) is 2.71. The van der Waals surface area contributed by atoms with Gasteiger partial charge in [0.05, 0.1) is 0 Å². The van der Waals surface area contributed by atoms with Crippen molar-refractivity contribution < 1.29 is 44.6 Å². The van der Waals surface area contributed by atoms with Crippen molar-refractivity contribution in [3.8, 4) is 0 Å². The number of carboxylic acid groups (broad SMARTS) is 1. The van der Waals surface area contributed by atoms with E-state index >= 15 is 0 Å². The predicted molar refractivity (Wildman–Crippen MR) is 82.7 cm³/mol. The van der Waals surface area contributed by atoms with E-state index in [1.54, 1.807) is 0 Å². The molecule has 0 aliphatic carbocycles. The summed E-state index contributed by atoms with van der Waals surface area (Å²) in [6.07, 6.45) is 1.59. The van der Waals surface area contributed by atoms with E-state index in [-0.39, 0.29) is 29.6 Å². The number of carboxylic acids is 1. The molecule has 2 rings (SSSR count). The van der Waals surface area contributed by atoms with Gasteiger partial charge in [-0.3, -0.25) is 0 Å². The molecule has 0 aromatic heterocycles. The molecule has 0 spiro atoms. The van der Waals surface area contributed by atoms with Crippen molar-refractivity contribution in [2.24, 2.45) is 10.2 Å². The van der Waals surface area contributed by atoms with E-state index in [4.69, 9.17) is 5.11 Å². The first kappa shape index (κ1) is 18.8. The second kappa shape index (κ2) is 9.74. The second-order valence-corrected chi connectivity index (χ2v) is 4.29. The average molecular weight is 316 g/mol. The maximum absolute atomic E-state index is 11.5. The summed E-state index contributed by atoms with van der Waals surface area (Å²) < 4.78 is 0. The standard InChI is InChI=1S/C17H14N2O3.Na/c20-15(11-12-16(21)22)18-19-17(13-7-3-1-4-8-13)14-9-5-2-6-10-14;/h1-12H,(H,18,20)(H,21,22);/q;+1/p-1/b12-11-;. The molecule has 0 unspecified atom stereocenters. The molecule has 0 saturated heterocycles. The molecule has 0 atom stereocenters. The number of aliphatic carboxylic acids is 1. The predicted octanol–water partition coefficient (Wildman–Crippen LogP) is -1.16. The van der Waals surface area contributed by atoms with Gasteiger partial charge in [-0.15, -0.1) is 0 Å². The fraction of sp³-hybridized carbons (Fsp3) is 0. The quantitative estimate of drug-likeness (QED) is 0.248. The van der Waals surface area contributed by atoms with Crippen LogP contribution in [0.1, 0.15) is 11.1 Å². The van der Waals surface area contributed by atoms with E-state index in [1.165, 1.54) is 0 Å². The van der Waals surface area contributed by atoms with Crippen molar-refractivity contribution in [3.63, 3.8) is 0 Å². The van der Waals surface area contributed by atoms with Crippen LogP contribution in [0.4, 0.5) is 0 Å². The topological polar surface area (TPSA) is 85.1 Å². The van der Waals surface area contributed by atoms with Crippen molar-refractivity contribution in [1.29, 1.82) is 0 Å². The summed E-state index contributed by atoms with van der Waals surface area (Å²) in [7, 11) is 0. The Hall–Kier alpha value is -2.21. The summed E-state index contributed by atoms with van der Waals surface area (Å²) in [6, 6.07) is 18.6. The molecular weight excluding hydrogens is 303 g/mol. The van der Waals surface area contributed by atoms with Crippen LogP contribution in [0.2, 0.25) is 0 Å². The van der Waals surface area contributed by atoms with E-state index < -0.39 is 11.9 Å². The summed E-state index contributed by atoms with van der Waals surface area (Å²) in [4.78, 5) is 10.4. The van der Waals surface area contributed by atoms with Crippen LogP contribution >= 0.6 is 0 Å². The van der Waals surface area contributed by atoms with Gasteiger partial charge < -0.3 is 10.2 Å². The molecule has 110 valence electrons. The second-order valence-electron chi connectivity index (χ2n) is 4.29.